The molecule has 1 amide bonds. The van der Waals surface area contributed by atoms with Gasteiger partial charge in [-0.15, -0.1) is 0 Å². The minimum absolute atomic E-state index is 0.0494. The Kier molecular flexibility index (Phi) is 8.04. The van der Waals surface area contributed by atoms with E-state index in [1.54, 1.807) is 13.8 Å². The first-order valence-electron chi connectivity index (χ1n) is 10.8. The van der Waals surface area contributed by atoms with Gasteiger partial charge < -0.3 is 21.5 Å². The molecule has 0 bridgehead atoms. The highest BCUT2D eigenvalue weighted by molar-refractivity contribution is 6.30. The predicted octanol–water partition coefficient (Wildman–Crippen LogP) is 3.60. The lowest BCUT2D eigenvalue weighted by molar-refractivity contribution is -0.122. The Morgan fingerprint density at radius 3 is 2.73 bits per heavy atom. The summed E-state index contributed by atoms with van der Waals surface area (Å²) in [4.78, 5) is 24.8. The molecule has 5 N–H and O–H groups in total. The molecule has 0 aliphatic heterocycles. The minimum Gasteiger partial charge on any atom is -0.394 e. The summed E-state index contributed by atoms with van der Waals surface area (Å²) >= 11 is 6.06. The van der Waals surface area contributed by atoms with Gasteiger partial charge in [0.15, 0.2) is 5.82 Å². The van der Waals surface area contributed by atoms with Gasteiger partial charge in [0.1, 0.15) is 5.82 Å². The van der Waals surface area contributed by atoms with Gasteiger partial charge in [-0.3, -0.25) is 9.36 Å². The Hall–Kier alpha value is -2.98. The summed E-state index contributed by atoms with van der Waals surface area (Å²) in [5, 5.41) is 15.8. The number of nitrogens with two attached hydrogens (primary N) is 1. The quantitative estimate of drug-likeness (QED) is 0.357. The van der Waals surface area contributed by atoms with Gasteiger partial charge in [0.25, 0.3) is 0 Å². The largest absolute Gasteiger partial charge is 0.394 e. The molecule has 1 heterocycles. The van der Waals surface area contributed by atoms with Gasteiger partial charge >= 0.3 is 0 Å². The van der Waals surface area contributed by atoms with Gasteiger partial charge in [-0.25, -0.2) is 14.4 Å². The number of aryl methyl sites for hydroxylation is 1. The van der Waals surface area contributed by atoms with E-state index in [2.05, 4.69) is 32.3 Å². The van der Waals surface area contributed by atoms with Crippen LogP contribution in [0.25, 0.3) is 0 Å². The van der Waals surface area contributed by atoms with Crippen molar-refractivity contribution in [2.24, 2.45) is 21.6 Å². The van der Waals surface area contributed by atoms with Crippen LogP contribution in [0.15, 0.2) is 28.2 Å². The molecule has 0 spiro atoms. The Balaban J connectivity index is 2.04. The topological polar surface area (TPSA) is 130 Å². The van der Waals surface area contributed by atoms with Gasteiger partial charge in [0, 0.05) is 23.0 Å². The second-order valence-corrected chi connectivity index (χ2v) is 8.63. The zero-order valence-corrected chi connectivity index (χ0v) is 19.4. The van der Waals surface area contributed by atoms with E-state index >= 15 is 0 Å². The molecule has 0 saturated heterocycles. The number of imidazole rings is 1. The smallest absolute Gasteiger partial charge is 0.224 e. The van der Waals surface area contributed by atoms with Gasteiger partial charge in [-0.05, 0) is 64.4 Å². The maximum Gasteiger partial charge on any atom is 0.224 e. The van der Waals surface area contributed by atoms with Crippen molar-refractivity contribution in [2.75, 3.05) is 11.9 Å². The monoisotopic (exact) mass is 477 g/mol. The van der Waals surface area contributed by atoms with E-state index in [-0.39, 0.29) is 42.2 Å². The molecule has 1 saturated carbocycles. The van der Waals surface area contributed by atoms with E-state index in [0.717, 1.165) is 0 Å². The minimum atomic E-state index is -0.471. The van der Waals surface area contributed by atoms with Gasteiger partial charge in [-0.1, -0.05) is 11.6 Å². The first-order chi connectivity index (χ1) is 15.7. The van der Waals surface area contributed by atoms with Crippen molar-refractivity contribution in [3.63, 3.8) is 0 Å². The van der Waals surface area contributed by atoms with Crippen molar-refractivity contribution in [3.05, 3.63) is 34.7 Å². The maximum absolute atomic E-state index is 14.4. The highest BCUT2D eigenvalue weighted by atomic mass is 35.5. The molecule has 0 unspecified atom stereocenters. The predicted molar refractivity (Wildman–Crippen MR) is 128 cm³/mol. The molecule has 33 heavy (non-hydrogen) atoms. The van der Waals surface area contributed by atoms with Crippen molar-refractivity contribution in [3.8, 4) is 0 Å². The molecular formula is C22H29ClFN7O2. The highest BCUT2D eigenvalue weighted by Crippen LogP contribution is 2.39. The molecule has 3 rings (SSSR count). The van der Waals surface area contributed by atoms with Crippen LogP contribution in [0.1, 0.15) is 44.3 Å². The number of hydrogen-bond acceptors (Lipinski definition) is 5. The summed E-state index contributed by atoms with van der Waals surface area (Å²) in [6, 6.07) is 3.90. The van der Waals surface area contributed by atoms with Gasteiger partial charge in [-0.2, -0.15) is 4.99 Å². The lowest BCUT2D eigenvalue weighted by Gasteiger charge is -2.29. The number of aliphatic hydroxyl groups is 1. The average Bonchev–Trinajstić information content (AvgIpc) is 3.09. The number of hydrogen-bond donors (Lipinski definition) is 4. The van der Waals surface area contributed by atoms with Crippen LogP contribution in [0.4, 0.5) is 21.8 Å². The van der Waals surface area contributed by atoms with E-state index in [0.29, 0.717) is 48.2 Å². The first-order valence-corrected chi connectivity index (χ1v) is 11.1. The Labute approximate surface area is 197 Å². The second-order valence-electron chi connectivity index (χ2n) is 8.19. The maximum atomic E-state index is 14.4. The van der Waals surface area contributed by atoms with Gasteiger partial charge in [0.2, 0.25) is 17.8 Å². The number of benzene rings is 1. The molecule has 1 atom stereocenters. The lowest BCUT2D eigenvalue weighted by Crippen LogP contribution is -2.34. The van der Waals surface area contributed by atoms with E-state index in [4.69, 9.17) is 17.3 Å². The van der Waals surface area contributed by atoms with E-state index in [1.807, 2.05) is 4.57 Å². The molecule has 1 fully saturated rings. The van der Waals surface area contributed by atoms with Crippen LogP contribution in [0, 0.1) is 18.7 Å². The van der Waals surface area contributed by atoms with Crippen molar-refractivity contribution in [2.45, 2.75) is 51.6 Å². The fraction of sp³-hybridized carbons (Fsp3) is 0.455. The van der Waals surface area contributed by atoms with Crippen molar-refractivity contribution < 1.29 is 14.3 Å². The summed E-state index contributed by atoms with van der Waals surface area (Å²) in [5.41, 5.74) is 6.28. The van der Waals surface area contributed by atoms with E-state index in [1.165, 1.54) is 18.2 Å². The number of carbonyl (C=O) groups excluding carboxylic acids is 1. The van der Waals surface area contributed by atoms with Crippen molar-refractivity contribution in [1.29, 1.82) is 0 Å². The molecule has 178 valence electrons. The summed E-state index contributed by atoms with van der Waals surface area (Å²) < 4.78 is 16.3. The number of nitrogens with one attached hydrogen (secondary N) is 2. The number of amides is 1. The third-order valence-electron chi connectivity index (χ3n) is 5.70. The molecular weight excluding hydrogens is 449 g/mol. The van der Waals surface area contributed by atoms with Crippen LogP contribution in [-0.2, 0) is 4.79 Å². The average molecular weight is 478 g/mol. The molecule has 11 heteroatoms. The number of aromatic nitrogens is 2. The summed E-state index contributed by atoms with van der Waals surface area (Å²) in [6.07, 6.45) is 2.63. The standard InChI is InChI=1S/C22H29ClFN7O2/c1-12(11-32)27-21(26-3)30-20-13(2)28-22(29-18-10-15(23)6-9-17(18)24)31(20)16-7-4-14(5-8-16)19(25)33/h6,9-10,12,14,16,32H,3-5,7-8,11H2,1-2H3,(H2,25,33)(H,27,30)(H,28,29)/t12-,14-,16+/m0/s1. The number of aliphatic imine (C=N–C) groups is 2. The summed E-state index contributed by atoms with van der Waals surface area (Å²) in [6.45, 7) is 7.02. The molecule has 0 radical (unpaired) electrons. The SMILES string of the molecule is C=N/C(=N\c1c(C)nc(Nc2cc(Cl)ccc2F)n1[C@H]1CC[C@@H](C(N)=O)CC1)N[C@@H](C)CO. The Bertz CT molecular complexity index is 1050. The number of nitrogens with zero attached hydrogens (tertiary/aromatic N) is 4. The summed E-state index contributed by atoms with van der Waals surface area (Å²) in [7, 11) is 0. The van der Waals surface area contributed by atoms with Crippen LogP contribution in [0.5, 0.6) is 0 Å². The number of guanidine groups is 1. The van der Waals surface area contributed by atoms with E-state index < -0.39 is 5.82 Å². The van der Waals surface area contributed by atoms with Crippen molar-refractivity contribution in [1.82, 2.24) is 14.9 Å². The Morgan fingerprint density at radius 2 is 2.12 bits per heavy atom. The van der Waals surface area contributed by atoms with Crippen LogP contribution >= 0.6 is 11.6 Å². The molecule has 1 aliphatic carbocycles. The zero-order valence-electron chi connectivity index (χ0n) is 18.7. The summed E-state index contributed by atoms with van der Waals surface area (Å²) in [5.74, 6) is 0.203. The number of halogens is 2. The highest BCUT2D eigenvalue weighted by Gasteiger charge is 2.30. The first kappa shape index (κ1) is 24.7. The molecule has 9 nitrogen and oxygen atoms in total. The molecule has 1 aliphatic rings. The van der Waals surface area contributed by atoms with Crippen LogP contribution < -0.4 is 16.4 Å². The fourth-order valence-electron chi connectivity index (χ4n) is 3.92. The number of carbonyl (C=O) groups is 1. The molecule has 1 aromatic heterocycles. The van der Waals surface area contributed by atoms with Crippen LogP contribution in [-0.4, -0.2) is 45.9 Å². The number of anilines is 2. The number of primary amides is 1. The molecule has 2 aromatic rings. The van der Waals surface area contributed by atoms with Crippen molar-refractivity contribution >= 4 is 47.6 Å². The third kappa shape index (κ3) is 5.88. The third-order valence-corrected chi connectivity index (χ3v) is 5.94. The second kappa shape index (κ2) is 10.8. The van der Waals surface area contributed by atoms with Crippen LogP contribution in [0.3, 0.4) is 0 Å². The zero-order chi connectivity index (χ0) is 24.1. The van der Waals surface area contributed by atoms with Crippen LogP contribution in [0.2, 0.25) is 5.02 Å². The Morgan fingerprint density at radius 1 is 1.42 bits per heavy atom. The van der Waals surface area contributed by atoms with Gasteiger partial charge in [0.05, 0.1) is 18.0 Å². The molecule has 1 aromatic carbocycles. The van der Waals surface area contributed by atoms with E-state index in [9.17, 15) is 14.3 Å². The number of aliphatic hydroxyl groups excluding tert-OH is 1. The number of rotatable bonds is 7. The fourth-order valence-corrected chi connectivity index (χ4v) is 4.09. The normalized spacial score (nSPS) is 19.7. The lowest BCUT2D eigenvalue weighted by atomic mass is 9.85.